The van der Waals surface area contributed by atoms with Crippen molar-refractivity contribution in [2.75, 3.05) is 18.1 Å². The summed E-state index contributed by atoms with van der Waals surface area (Å²) in [6.07, 6.45) is 1.05. The molecule has 0 aliphatic rings. The Morgan fingerprint density at radius 2 is 1.71 bits per heavy atom. The molecule has 0 bridgehead atoms. The molecule has 1 N–H and O–H groups in total. The second kappa shape index (κ2) is 8.26. The summed E-state index contributed by atoms with van der Waals surface area (Å²) in [4.78, 5) is 0. The smallest absolute Gasteiger partial charge is 0.229 e. The predicted octanol–water partition coefficient (Wildman–Crippen LogP) is 4.40. The largest absolute Gasteiger partial charge is 0.495 e. The summed E-state index contributed by atoms with van der Waals surface area (Å²) in [5.74, 6) is 6.77. The van der Waals surface area contributed by atoms with Crippen molar-refractivity contribution in [3.63, 3.8) is 0 Å². The molecule has 0 radical (unpaired) electrons. The minimum Gasteiger partial charge on any atom is -0.495 e. The predicted molar refractivity (Wildman–Crippen MR) is 115 cm³/mol. The maximum Gasteiger partial charge on any atom is 0.229 e. The normalized spacial score (nSPS) is 11.2. The van der Waals surface area contributed by atoms with E-state index >= 15 is 0 Å². The Labute approximate surface area is 174 Å². The number of benzene rings is 2. The molecule has 0 fully saturated rings. The maximum atomic E-state index is 11.4. The lowest BCUT2D eigenvalue weighted by Gasteiger charge is -2.23. The lowest BCUT2D eigenvalue weighted by Crippen LogP contribution is -2.13. The molecule has 0 aliphatic carbocycles. The third-order valence-corrected chi connectivity index (χ3v) is 4.91. The molecule has 5 nitrogen and oxygen atoms in total. The average molecular weight is 461 g/mol. The highest BCUT2D eigenvalue weighted by atomic mass is 79.9. The summed E-state index contributed by atoms with van der Waals surface area (Å²) >= 11 is 3.52. The molecule has 2 aromatic carbocycles. The number of nitriles is 1. The van der Waals surface area contributed by atoms with Gasteiger partial charge in [0, 0.05) is 21.3 Å². The van der Waals surface area contributed by atoms with Crippen molar-refractivity contribution in [1.29, 1.82) is 5.26 Å². The Hall–Kier alpha value is -2.48. The van der Waals surface area contributed by atoms with Crippen LogP contribution in [0.3, 0.4) is 0 Å². The van der Waals surface area contributed by atoms with Crippen LogP contribution in [0.4, 0.5) is 5.69 Å². The van der Waals surface area contributed by atoms with Crippen LogP contribution in [0.5, 0.6) is 5.75 Å². The van der Waals surface area contributed by atoms with Crippen LogP contribution in [0.25, 0.3) is 0 Å². The van der Waals surface area contributed by atoms with Gasteiger partial charge in [-0.05, 0) is 35.7 Å². The first-order valence-electron chi connectivity index (χ1n) is 8.36. The van der Waals surface area contributed by atoms with E-state index < -0.39 is 10.0 Å². The molecule has 2 rings (SSSR count). The lowest BCUT2D eigenvalue weighted by atomic mass is 9.85. The van der Waals surface area contributed by atoms with Crippen molar-refractivity contribution < 1.29 is 13.2 Å². The van der Waals surface area contributed by atoms with Gasteiger partial charge in [-0.2, -0.15) is 5.26 Å². The third kappa shape index (κ3) is 5.51. The van der Waals surface area contributed by atoms with Gasteiger partial charge in [-0.25, -0.2) is 8.42 Å². The fourth-order valence-corrected chi connectivity index (χ4v) is 3.63. The molecular formula is C21H21BrN2O3S. The first-order valence-corrected chi connectivity index (χ1v) is 11.0. The molecule has 7 heteroatoms. The van der Waals surface area contributed by atoms with E-state index in [-0.39, 0.29) is 11.0 Å². The van der Waals surface area contributed by atoms with Crippen LogP contribution in [0.2, 0.25) is 0 Å². The topological polar surface area (TPSA) is 79.2 Å². The number of rotatable bonds is 3. The third-order valence-electron chi connectivity index (χ3n) is 3.84. The summed E-state index contributed by atoms with van der Waals surface area (Å²) in [6.45, 7) is 6.28. The number of hydrogen-bond acceptors (Lipinski definition) is 4. The zero-order chi connectivity index (χ0) is 21.1. The summed E-state index contributed by atoms with van der Waals surface area (Å²) in [6, 6.07) is 10.6. The molecule has 0 saturated carbocycles. The number of anilines is 1. The van der Waals surface area contributed by atoms with Gasteiger partial charge in [-0.1, -0.05) is 48.5 Å². The summed E-state index contributed by atoms with van der Waals surface area (Å²) in [7, 11) is -1.81. The Kier molecular flexibility index (Phi) is 6.44. The van der Waals surface area contributed by atoms with Gasteiger partial charge in [0.2, 0.25) is 10.0 Å². The van der Waals surface area contributed by atoms with E-state index in [9.17, 15) is 13.7 Å². The quantitative estimate of drug-likeness (QED) is 0.688. The van der Waals surface area contributed by atoms with Crippen LogP contribution in [-0.4, -0.2) is 21.8 Å². The SMILES string of the molecule is COc1c(C#Cc2ccc(NS(C)(=O)=O)cc2C#N)cc(Br)cc1C(C)(C)C. The summed E-state index contributed by atoms with van der Waals surface area (Å²) in [5, 5.41) is 9.41. The van der Waals surface area contributed by atoms with E-state index in [0.29, 0.717) is 22.6 Å². The fourth-order valence-electron chi connectivity index (χ4n) is 2.62. The second-order valence-corrected chi connectivity index (χ2v) is 9.94. The van der Waals surface area contributed by atoms with Gasteiger partial charge in [0.25, 0.3) is 0 Å². The summed E-state index contributed by atoms with van der Waals surface area (Å²) < 4.78 is 31.6. The van der Waals surface area contributed by atoms with Gasteiger partial charge in [-0.3, -0.25) is 4.72 Å². The van der Waals surface area contributed by atoms with E-state index in [1.54, 1.807) is 19.2 Å². The zero-order valence-corrected chi connectivity index (χ0v) is 18.7. The molecule has 0 aliphatic heterocycles. The van der Waals surface area contributed by atoms with Crippen LogP contribution in [0.1, 0.15) is 43.0 Å². The highest BCUT2D eigenvalue weighted by Crippen LogP contribution is 2.36. The number of methoxy groups -OCH3 is 1. The molecule has 146 valence electrons. The van der Waals surface area contributed by atoms with Crippen LogP contribution < -0.4 is 9.46 Å². The molecule has 2 aromatic rings. The molecule has 0 spiro atoms. The van der Waals surface area contributed by atoms with Gasteiger partial charge in [-0.15, -0.1) is 0 Å². The molecule has 0 saturated heterocycles. The number of halogens is 1. The molecule has 0 amide bonds. The van der Waals surface area contributed by atoms with Crippen LogP contribution in [-0.2, 0) is 15.4 Å². The van der Waals surface area contributed by atoms with Crippen molar-refractivity contribution in [3.8, 4) is 23.7 Å². The minimum atomic E-state index is -3.42. The van der Waals surface area contributed by atoms with Crippen LogP contribution in [0.15, 0.2) is 34.8 Å². The van der Waals surface area contributed by atoms with E-state index in [1.165, 1.54) is 6.07 Å². The van der Waals surface area contributed by atoms with Crippen molar-refractivity contribution in [1.82, 2.24) is 0 Å². The van der Waals surface area contributed by atoms with Crippen molar-refractivity contribution >= 4 is 31.6 Å². The zero-order valence-electron chi connectivity index (χ0n) is 16.3. The number of nitrogens with one attached hydrogen (secondary N) is 1. The van der Waals surface area contributed by atoms with Crippen molar-refractivity contribution in [2.45, 2.75) is 26.2 Å². The number of nitrogens with zero attached hydrogens (tertiary/aromatic N) is 1. The first kappa shape index (κ1) is 21.8. The Bertz CT molecular complexity index is 1120. The number of ether oxygens (including phenoxy) is 1. The van der Waals surface area contributed by atoms with Gasteiger partial charge in [0.05, 0.1) is 24.5 Å². The molecule has 0 aromatic heterocycles. The van der Waals surface area contributed by atoms with E-state index in [0.717, 1.165) is 16.3 Å². The van der Waals surface area contributed by atoms with Crippen LogP contribution in [0, 0.1) is 23.2 Å². The van der Waals surface area contributed by atoms with Crippen LogP contribution >= 0.6 is 15.9 Å². The Morgan fingerprint density at radius 3 is 2.25 bits per heavy atom. The van der Waals surface area contributed by atoms with Gasteiger partial charge < -0.3 is 4.74 Å². The number of hydrogen-bond donors (Lipinski definition) is 1. The van der Waals surface area contributed by atoms with Crippen molar-refractivity contribution in [3.05, 3.63) is 57.1 Å². The van der Waals surface area contributed by atoms with Gasteiger partial charge in [0.1, 0.15) is 11.8 Å². The highest BCUT2D eigenvalue weighted by molar-refractivity contribution is 9.10. The van der Waals surface area contributed by atoms with Gasteiger partial charge >= 0.3 is 0 Å². The van der Waals surface area contributed by atoms with E-state index in [4.69, 9.17) is 4.74 Å². The van der Waals surface area contributed by atoms with E-state index in [2.05, 4.69) is 59.3 Å². The lowest BCUT2D eigenvalue weighted by molar-refractivity contribution is 0.396. The Morgan fingerprint density at radius 1 is 1.07 bits per heavy atom. The van der Waals surface area contributed by atoms with Gasteiger partial charge in [0.15, 0.2) is 0 Å². The number of sulfonamides is 1. The van der Waals surface area contributed by atoms with E-state index in [1.807, 2.05) is 12.1 Å². The maximum absolute atomic E-state index is 11.4. The molecule has 0 atom stereocenters. The average Bonchev–Trinajstić information content (AvgIpc) is 2.57. The second-order valence-electron chi connectivity index (χ2n) is 7.28. The summed E-state index contributed by atoms with van der Waals surface area (Å²) in [5.41, 5.74) is 2.68. The monoisotopic (exact) mass is 460 g/mol. The molecule has 28 heavy (non-hydrogen) atoms. The first-order chi connectivity index (χ1) is 12.9. The minimum absolute atomic E-state index is 0.137. The van der Waals surface area contributed by atoms with Crippen molar-refractivity contribution in [2.24, 2.45) is 0 Å². The Balaban J connectivity index is 2.55. The fraction of sp³-hybridized carbons (Fsp3) is 0.286. The standard InChI is InChI=1S/C21H21BrN2O3S/c1-21(2,3)19-12-17(22)10-15(20(19)27-4)7-6-14-8-9-18(11-16(14)13-23)24-28(5,25)26/h8-12,24H,1-5H3. The molecular weight excluding hydrogens is 440 g/mol. The molecule has 0 heterocycles. The molecule has 0 unspecified atom stereocenters. The highest BCUT2D eigenvalue weighted by Gasteiger charge is 2.21.